The van der Waals surface area contributed by atoms with Crippen LogP contribution in [0.3, 0.4) is 0 Å². The van der Waals surface area contributed by atoms with Crippen LogP contribution in [0.25, 0.3) is 10.8 Å². The number of hydrogen-bond donors (Lipinski definition) is 1. The minimum atomic E-state index is -0.348. The molecule has 0 atom stereocenters. The number of rotatable bonds is 5. The topological polar surface area (TPSA) is 90.1 Å². The van der Waals surface area contributed by atoms with Crippen molar-refractivity contribution < 1.29 is 13.9 Å². The van der Waals surface area contributed by atoms with Gasteiger partial charge in [-0.15, -0.1) is 10.2 Å². The van der Waals surface area contributed by atoms with Gasteiger partial charge in [0.05, 0.1) is 12.9 Å². The molecule has 0 aromatic carbocycles. The Morgan fingerprint density at radius 2 is 2.27 bits per heavy atom. The predicted octanol–water partition coefficient (Wildman–Crippen LogP) is 2.84. The molecule has 7 nitrogen and oxygen atoms in total. The number of amides is 1. The summed E-state index contributed by atoms with van der Waals surface area (Å²) in [6.45, 7) is 2.26. The summed E-state index contributed by atoms with van der Waals surface area (Å²) in [5, 5.41) is 11.6. The van der Waals surface area contributed by atoms with E-state index in [-0.39, 0.29) is 5.91 Å². The smallest absolute Gasteiger partial charge is 0.262 e. The van der Waals surface area contributed by atoms with E-state index in [9.17, 15) is 4.79 Å². The van der Waals surface area contributed by atoms with E-state index < -0.39 is 0 Å². The average molecular weight is 316 g/mol. The fourth-order valence-electron chi connectivity index (χ4n) is 1.75. The Labute approximate surface area is 130 Å². The van der Waals surface area contributed by atoms with Crippen LogP contribution in [0.2, 0.25) is 0 Å². The van der Waals surface area contributed by atoms with E-state index >= 15 is 0 Å². The van der Waals surface area contributed by atoms with Crippen LogP contribution < -0.4 is 10.1 Å². The molecule has 0 saturated carbocycles. The zero-order chi connectivity index (χ0) is 15.4. The molecule has 3 aromatic rings. The second-order valence-corrected chi connectivity index (χ2v) is 5.11. The molecule has 3 rings (SSSR count). The second-order valence-electron chi connectivity index (χ2n) is 4.13. The Morgan fingerprint density at radius 3 is 3.05 bits per heavy atom. The number of furan rings is 1. The molecule has 0 spiro atoms. The summed E-state index contributed by atoms with van der Waals surface area (Å²) in [7, 11) is 0. The first-order valence-corrected chi connectivity index (χ1v) is 7.36. The number of anilines is 1. The van der Waals surface area contributed by atoms with Crippen LogP contribution in [0.5, 0.6) is 5.88 Å². The molecule has 0 aliphatic rings. The van der Waals surface area contributed by atoms with Crippen molar-refractivity contribution in [2.45, 2.75) is 6.92 Å². The maximum Gasteiger partial charge on any atom is 0.262 e. The average Bonchev–Trinajstić information content (AvgIpc) is 3.19. The third kappa shape index (κ3) is 2.96. The molecule has 0 aliphatic heterocycles. The van der Waals surface area contributed by atoms with E-state index in [1.54, 1.807) is 36.7 Å². The number of nitrogens with zero attached hydrogens (tertiary/aromatic N) is 3. The summed E-state index contributed by atoms with van der Waals surface area (Å²) in [6.07, 6.45) is 3.13. The van der Waals surface area contributed by atoms with Crippen LogP contribution in [0.1, 0.15) is 17.3 Å². The van der Waals surface area contributed by atoms with E-state index in [0.717, 1.165) is 0 Å². The SMILES string of the molecule is CCOc1ncccc1C(=O)Nc1nnc(-c2ccco2)s1. The van der Waals surface area contributed by atoms with Crippen molar-refractivity contribution in [2.24, 2.45) is 0 Å². The molecular formula is C14H12N4O3S. The number of nitrogens with one attached hydrogen (secondary N) is 1. The van der Waals surface area contributed by atoms with Gasteiger partial charge in [0, 0.05) is 6.20 Å². The van der Waals surface area contributed by atoms with Gasteiger partial charge in [-0.05, 0) is 31.2 Å². The molecule has 0 bridgehead atoms. The summed E-state index contributed by atoms with van der Waals surface area (Å²) in [5.41, 5.74) is 0.346. The highest BCUT2D eigenvalue weighted by molar-refractivity contribution is 7.18. The summed E-state index contributed by atoms with van der Waals surface area (Å²) in [4.78, 5) is 16.3. The molecule has 3 heterocycles. The lowest BCUT2D eigenvalue weighted by Gasteiger charge is -2.07. The van der Waals surface area contributed by atoms with Crippen LogP contribution >= 0.6 is 11.3 Å². The normalized spacial score (nSPS) is 10.4. The predicted molar refractivity (Wildman–Crippen MR) is 81.0 cm³/mol. The molecule has 0 radical (unpaired) electrons. The standard InChI is InChI=1S/C14H12N4O3S/c1-2-20-12-9(5-3-7-15-12)11(19)16-14-18-17-13(22-14)10-6-4-8-21-10/h3-8H,2H2,1H3,(H,16,18,19). The molecule has 0 aliphatic carbocycles. The van der Waals surface area contributed by atoms with Crippen molar-refractivity contribution in [3.05, 3.63) is 42.3 Å². The highest BCUT2D eigenvalue weighted by atomic mass is 32.1. The van der Waals surface area contributed by atoms with Gasteiger partial charge in [-0.25, -0.2) is 4.98 Å². The van der Waals surface area contributed by atoms with Crippen LogP contribution in [0.15, 0.2) is 41.1 Å². The molecule has 3 aromatic heterocycles. The first-order valence-electron chi connectivity index (χ1n) is 6.54. The van der Waals surface area contributed by atoms with Gasteiger partial charge in [0.2, 0.25) is 11.0 Å². The number of aromatic nitrogens is 3. The van der Waals surface area contributed by atoms with Crippen molar-refractivity contribution >= 4 is 22.4 Å². The number of hydrogen-bond acceptors (Lipinski definition) is 7. The largest absolute Gasteiger partial charge is 0.477 e. The number of carbonyl (C=O) groups is 1. The van der Waals surface area contributed by atoms with Gasteiger partial charge in [0.25, 0.3) is 5.91 Å². The van der Waals surface area contributed by atoms with Crippen LogP contribution in [0.4, 0.5) is 5.13 Å². The molecule has 0 saturated heterocycles. The van der Waals surface area contributed by atoms with Gasteiger partial charge < -0.3 is 9.15 Å². The number of pyridine rings is 1. The fourth-order valence-corrected chi connectivity index (χ4v) is 2.46. The lowest BCUT2D eigenvalue weighted by molar-refractivity contribution is 0.102. The number of ether oxygens (including phenoxy) is 1. The Morgan fingerprint density at radius 1 is 1.36 bits per heavy atom. The quantitative estimate of drug-likeness (QED) is 0.778. The minimum Gasteiger partial charge on any atom is -0.477 e. The summed E-state index contributed by atoms with van der Waals surface area (Å²) in [6, 6.07) is 6.85. The third-order valence-electron chi connectivity index (χ3n) is 2.67. The number of carbonyl (C=O) groups excluding carboxylic acids is 1. The monoisotopic (exact) mass is 316 g/mol. The molecule has 22 heavy (non-hydrogen) atoms. The highest BCUT2D eigenvalue weighted by Crippen LogP contribution is 2.27. The Balaban J connectivity index is 1.77. The zero-order valence-corrected chi connectivity index (χ0v) is 12.5. The van der Waals surface area contributed by atoms with Crippen LogP contribution in [0, 0.1) is 0 Å². The van der Waals surface area contributed by atoms with Gasteiger partial charge in [0.15, 0.2) is 10.8 Å². The lowest BCUT2D eigenvalue weighted by Crippen LogP contribution is -2.14. The Hall–Kier alpha value is -2.74. The maximum absolute atomic E-state index is 12.3. The third-order valence-corrected chi connectivity index (χ3v) is 3.53. The molecule has 112 valence electrons. The van der Waals surface area contributed by atoms with Gasteiger partial charge in [-0.2, -0.15) is 0 Å². The Kier molecular flexibility index (Phi) is 4.10. The minimum absolute atomic E-state index is 0.290. The molecule has 8 heteroatoms. The summed E-state index contributed by atoms with van der Waals surface area (Å²) in [5.74, 6) is 0.548. The van der Waals surface area contributed by atoms with Gasteiger partial charge in [0.1, 0.15) is 5.56 Å². The van der Waals surface area contributed by atoms with Crippen LogP contribution in [-0.2, 0) is 0 Å². The Bertz CT molecular complexity index is 770. The van der Waals surface area contributed by atoms with E-state index in [0.29, 0.717) is 33.9 Å². The zero-order valence-electron chi connectivity index (χ0n) is 11.6. The fraction of sp³-hybridized carbons (Fsp3) is 0.143. The van der Waals surface area contributed by atoms with Crippen molar-refractivity contribution in [3.8, 4) is 16.6 Å². The summed E-state index contributed by atoms with van der Waals surface area (Å²) < 4.78 is 10.6. The van der Waals surface area contributed by atoms with E-state index in [1.165, 1.54) is 11.3 Å². The second kappa shape index (κ2) is 6.35. The van der Waals surface area contributed by atoms with Crippen molar-refractivity contribution in [1.82, 2.24) is 15.2 Å². The van der Waals surface area contributed by atoms with Gasteiger partial charge in [-0.1, -0.05) is 11.3 Å². The highest BCUT2D eigenvalue weighted by Gasteiger charge is 2.16. The lowest BCUT2D eigenvalue weighted by atomic mass is 10.2. The molecular weight excluding hydrogens is 304 g/mol. The first-order chi connectivity index (χ1) is 10.8. The van der Waals surface area contributed by atoms with Crippen molar-refractivity contribution in [2.75, 3.05) is 11.9 Å². The molecule has 1 N–H and O–H groups in total. The van der Waals surface area contributed by atoms with Crippen molar-refractivity contribution in [1.29, 1.82) is 0 Å². The maximum atomic E-state index is 12.3. The van der Waals surface area contributed by atoms with Gasteiger partial charge >= 0.3 is 0 Å². The molecule has 0 fully saturated rings. The first kappa shape index (κ1) is 14.2. The molecule has 0 unspecified atom stereocenters. The van der Waals surface area contributed by atoms with Crippen LogP contribution in [-0.4, -0.2) is 27.7 Å². The van der Waals surface area contributed by atoms with E-state index in [1.807, 2.05) is 6.92 Å². The molecule has 1 amide bonds. The summed E-state index contributed by atoms with van der Waals surface area (Å²) >= 11 is 1.22. The van der Waals surface area contributed by atoms with Crippen molar-refractivity contribution in [3.63, 3.8) is 0 Å². The van der Waals surface area contributed by atoms with E-state index in [4.69, 9.17) is 9.15 Å². The van der Waals surface area contributed by atoms with Gasteiger partial charge in [-0.3, -0.25) is 10.1 Å². The van der Waals surface area contributed by atoms with E-state index in [2.05, 4.69) is 20.5 Å².